The zero-order valence-corrected chi connectivity index (χ0v) is 23.4. The standard InChI is InChI=1S/C25H27N3O3.Ac/c1-25(2,3)17-7-5-16(6-8-17)23(29)28-22-15-18(26)9-14-21(22)24(30)27-19-10-12-20(31-4)13-11-19;/h5-15H,1-4H3,(H4,26,27,28,29,30);/p-1. The predicted molar refractivity (Wildman–Crippen MR) is 124 cm³/mol. The second kappa shape index (κ2) is 11.0. The molecule has 0 atom stereocenters. The third-order valence-corrected chi connectivity index (χ3v) is 4.87. The van der Waals surface area contributed by atoms with Crippen LogP contribution in [0.4, 0.5) is 17.1 Å². The summed E-state index contributed by atoms with van der Waals surface area (Å²) in [6.45, 7) is 6.32. The second-order valence-corrected chi connectivity index (χ2v) is 8.22. The maximum atomic E-state index is 12.8. The van der Waals surface area contributed by atoms with E-state index in [9.17, 15) is 9.59 Å². The zero-order chi connectivity index (χ0) is 22.6. The van der Waals surface area contributed by atoms with Crippen LogP contribution in [0.1, 0.15) is 47.1 Å². The number of nitrogens with one attached hydrogen (secondary N) is 3. The molecule has 0 aliphatic heterocycles. The van der Waals surface area contributed by atoms with Gasteiger partial charge in [0.25, 0.3) is 11.8 Å². The Bertz CT molecular complexity index is 1090. The van der Waals surface area contributed by atoms with E-state index < -0.39 is 0 Å². The number of carbonyl (C=O) groups excluding carboxylic acids is 2. The molecule has 3 N–H and O–H groups in total. The molecule has 0 heterocycles. The van der Waals surface area contributed by atoms with Gasteiger partial charge in [-0.3, -0.25) is 9.59 Å². The molecule has 3 rings (SSSR count). The van der Waals surface area contributed by atoms with Gasteiger partial charge < -0.3 is 21.1 Å². The van der Waals surface area contributed by atoms with Crippen molar-refractivity contribution in [2.45, 2.75) is 26.2 Å². The molecule has 0 spiro atoms. The van der Waals surface area contributed by atoms with E-state index in [0.717, 1.165) is 5.56 Å². The van der Waals surface area contributed by atoms with E-state index in [4.69, 9.17) is 10.5 Å². The smallest absolute Gasteiger partial charge is 0.257 e. The summed E-state index contributed by atoms with van der Waals surface area (Å²) in [7, 11) is 1.57. The number of anilines is 2. The van der Waals surface area contributed by atoms with Gasteiger partial charge in [0.2, 0.25) is 0 Å². The molecule has 3 aromatic rings. The van der Waals surface area contributed by atoms with Gasteiger partial charge in [-0.25, -0.2) is 0 Å². The van der Waals surface area contributed by atoms with Crippen molar-refractivity contribution in [3.05, 3.63) is 89.2 Å². The van der Waals surface area contributed by atoms with Crippen LogP contribution < -0.4 is 15.4 Å². The SMILES string of the molecule is COc1ccc(NC(=O)c2ccc([NH-])cc2NC(=O)c2ccc(C(C)(C)C)cc2)cc1.[Ac]. The van der Waals surface area contributed by atoms with E-state index >= 15 is 0 Å². The van der Waals surface area contributed by atoms with Gasteiger partial charge in [0, 0.05) is 55.3 Å². The zero-order valence-electron chi connectivity index (χ0n) is 18.7. The van der Waals surface area contributed by atoms with Gasteiger partial charge >= 0.3 is 0 Å². The Morgan fingerprint density at radius 1 is 0.844 bits per heavy atom. The first-order valence-electron chi connectivity index (χ1n) is 9.90. The van der Waals surface area contributed by atoms with Crippen molar-refractivity contribution in [3.63, 3.8) is 0 Å². The predicted octanol–water partition coefficient (Wildman–Crippen LogP) is 6.18. The van der Waals surface area contributed by atoms with Crippen molar-refractivity contribution < 1.29 is 58.4 Å². The molecule has 0 fully saturated rings. The summed E-state index contributed by atoms with van der Waals surface area (Å²) in [6, 6.07) is 18.8. The fourth-order valence-corrected chi connectivity index (χ4v) is 3.03. The minimum absolute atomic E-state index is 0. The van der Waals surface area contributed by atoms with Crippen LogP contribution in [0.25, 0.3) is 5.73 Å². The number of hydrogen-bond acceptors (Lipinski definition) is 3. The molecule has 0 unspecified atom stereocenters. The molecular weight excluding hydrogens is 617 g/mol. The molecule has 1 radical (unpaired) electrons. The summed E-state index contributed by atoms with van der Waals surface area (Å²) < 4.78 is 5.12. The average molecular weight is 644 g/mol. The van der Waals surface area contributed by atoms with Crippen LogP contribution in [0.5, 0.6) is 5.75 Å². The summed E-state index contributed by atoms with van der Waals surface area (Å²) >= 11 is 0. The first kappa shape index (κ1) is 25.9. The van der Waals surface area contributed by atoms with Crippen LogP contribution in [0.15, 0.2) is 66.7 Å². The molecule has 7 heteroatoms. The molecule has 3 aromatic carbocycles. The van der Waals surface area contributed by atoms with E-state index in [2.05, 4.69) is 31.4 Å². The molecule has 0 aliphatic rings. The van der Waals surface area contributed by atoms with Gasteiger partial charge in [0.1, 0.15) is 5.75 Å². The van der Waals surface area contributed by atoms with Gasteiger partial charge in [-0.1, -0.05) is 45.0 Å². The Balaban J connectivity index is 0.00000363. The topological polar surface area (TPSA) is 91.2 Å². The van der Waals surface area contributed by atoms with Crippen molar-refractivity contribution in [1.82, 2.24) is 0 Å². The second-order valence-electron chi connectivity index (χ2n) is 8.22. The van der Waals surface area contributed by atoms with E-state index in [1.807, 2.05) is 12.1 Å². The van der Waals surface area contributed by atoms with Crippen LogP contribution in [0.3, 0.4) is 0 Å². The third kappa shape index (κ3) is 6.57. The van der Waals surface area contributed by atoms with Crippen LogP contribution >= 0.6 is 0 Å². The number of amides is 2. The summed E-state index contributed by atoms with van der Waals surface area (Å²) in [5.41, 5.74) is 10.8. The maximum Gasteiger partial charge on any atom is 0.257 e. The summed E-state index contributed by atoms with van der Waals surface area (Å²) in [5.74, 6) is -0.0462. The molecule has 0 aliphatic carbocycles. The number of methoxy groups -OCH3 is 1. The Morgan fingerprint density at radius 2 is 1.47 bits per heavy atom. The molecule has 32 heavy (non-hydrogen) atoms. The van der Waals surface area contributed by atoms with Crippen LogP contribution in [0, 0.1) is 44.1 Å². The van der Waals surface area contributed by atoms with Gasteiger partial charge in [-0.15, -0.1) is 5.69 Å². The van der Waals surface area contributed by atoms with Gasteiger partial charge in [-0.05, 0) is 53.4 Å². The molecule has 0 saturated heterocycles. The van der Waals surface area contributed by atoms with E-state index in [1.165, 1.54) is 18.2 Å². The largest absolute Gasteiger partial charge is 0.699 e. The Labute approximate surface area is 224 Å². The molecule has 2 amide bonds. The quantitative estimate of drug-likeness (QED) is 0.348. The summed E-state index contributed by atoms with van der Waals surface area (Å²) in [6.07, 6.45) is 0. The number of hydrogen-bond donors (Lipinski definition) is 2. The maximum absolute atomic E-state index is 12.8. The van der Waals surface area contributed by atoms with Crippen LogP contribution in [-0.2, 0) is 5.41 Å². The monoisotopic (exact) mass is 643 g/mol. The fraction of sp³-hybridized carbons (Fsp3) is 0.200. The van der Waals surface area contributed by atoms with Crippen molar-refractivity contribution in [2.75, 3.05) is 17.7 Å². The number of ether oxygens (including phenoxy) is 1. The van der Waals surface area contributed by atoms with E-state index in [1.54, 1.807) is 43.5 Å². The first-order valence-corrected chi connectivity index (χ1v) is 9.90. The molecule has 6 nitrogen and oxygen atoms in total. The Hall–Kier alpha value is -2.36. The van der Waals surface area contributed by atoms with Gasteiger partial charge in [0.05, 0.1) is 18.4 Å². The molecule has 0 aromatic heterocycles. The van der Waals surface area contributed by atoms with Gasteiger partial charge in [-0.2, -0.15) is 0 Å². The van der Waals surface area contributed by atoms with Crippen LogP contribution in [0.2, 0.25) is 0 Å². The van der Waals surface area contributed by atoms with E-state index in [0.29, 0.717) is 17.0 Å². The minimum atomic E-state index is -0.386. The molecule has 163 valence electrons. The van der Waals surface area contributed by atoms with Crippen molar-refractivity contribution in [3.8, 4) is 5.75 Å². The Morgan fingerprint density at radius 3 is 2.03 bits per heavy atom. The Kier molecular flexibility index (Phi) is 8.89. The fourth-order valence-electron chi connectivity index (χ4n) is 3.03. The molecule has 0 saturated carbocycles. The minimum Gasteiger partial charge on any atom is -0.699 e. The average Bonchev–Trinajstić information content (AvgIpc) is 2.73. The first-order chi connectivity index (χ1) is 14.7. The molecule has 0 bridgehead atoms. The number of benzene rings is 3. The normalized spacial score (nSPS) is 10.6. The molecular formula is C25H26AcN3O3-. The number of rotatable bonds is 5. The van der Waals surface area contributed by atoms with Crippen molar-refractivity contribution in [1.29, 1.82) is 0 Å². The summed E-state index contributed by atoms with van der Waals surface area (Å²) in [5, 5.41) is 5.57. The van der Waals surface area contributed by atoms with Gasteiger partial charge in [0.15, 0.2) is 0 Å². The summed E-state index contributed by atoms with van der Waals surface area (Å²) in [4.78, 5) is 25.6. The van der Waals surface area contributed by atoms with Crippen molar-refractivity contribution >= 4 is 28.9 Å². The van der Waals surface area contributed by atoms with E-state index in [-0.39, 0.29) is 78.2 Å². The number of carbonyl (C=O) groups is 2. The van der Waals surface area contributed by atoms with Crippen molar-refractivity contribution in [2.24, 2.45) is 0 Å². The van der Waals surface area contributed by atoms with Crippen LogP contribution in [-0.4, -0.2) is 18.9 Å². The third-order valence-electron chi connectivity index (χ3n) is 4.87.